The van der Waals surface area contributed by atoms with Crippen LogP contribution < -0.4 is 10.2 Å². The highest BCUT2D eigenvalue weighted by molar-refractivity contribution is 6.31. The maximum atomic E-state index is 13.8. The SMILES string of the molecule is CN1C(=O)c2ccc(Cl)cc2N2C(=O)CCC12C(=O)Nc1ccc(Cl)c(F)c1. The second-order valence-corrected chi connectivity index (χ2v) is 7.50. The summed E-state index contributed by atoms with van der Waals surface area (Å²) in [7, 11) is 1.47. The summed E-state index contributed by atoms with van der Waals surface area (Å²) in [5, 5.41) is 2.86. The van der Waals surface area contributed by atoms with Crippen LogP contribution in [0, 0.1) is 5.82 Å². The molecule has 0 saturated carbocycles. The molecule has 1 unspecified atom stereocenters. The maximum absolute atomic E-state index is 13.8. The lowest BCUT2D eigenvalue weighted by molar-refractivity contribution is -0.128. The fourth-order valence-electron chi connectivity index (χ4n) is 3.75. The molecule has 0 aliphatic carbocycles. The van der Waals surface area contributed by atoms with Crippen molar-refractivity contribution in [2.75, 3.05) is 17.3 Å². The van der Waals surface area contributed by atoms with Gasteiger partial charge in [-0.3, -0.25) is 19.3 Å². The molecule has 144 valence electrons. The van der Waals surface area contributed by atoms with Crippen molar-refractivity contribution in [2.45, 2.75) is 18.5 Å². The Balaban J connectivity index is 1.81. The van der Waals surface area contributed by atoms with Crippen molar-refractivity contribution in [3.63, 3.8) is 0 Å². The normalized spacial score (nSPS) is 20.9. The van der Waals surface area contributed by atoms with Crippen molar-refractivity contribution in [2.24, 2.45) is 0 Å². The number of nitrogens with one attached hydrogen (secondary N) is 1. The van der Waals surface area contributed by atoms with Crippen LogP contribution in [0.5, 0.6) is 0 Å². The minimum absolute atomic E-state index is 0.0754. The van der Waals surface area contributed by atoms with Crippen LogP contribution in [0.3, 0.4) is 0 Å². The van der Waals surface area contributed by atoms with Crippen molar-refractivity contribution < 1.29 is 18.8 Å². The minimum Gasteiger partial charge on any atom is -0.322 e. The van der Waals surface area contributed by atoms with Crippen molar-refractivity contribution >= 4 is 52.3 Å². The van der Waals surface area contributed by atoms with Crippen LogP contribution in [-0.4, -0.2) is 35.3 Å². The number of hydrogen-bond acceptors (Lipinski definition) is 3. The number of fused-ring (bicyclic) bond motifs is 3. The third kappa shape index (κ3) is 2.57. The second-order valence-electron chi connectivity index (χ2n) is 6.65. The van der Waals surface area contributed by atoms with Gasteiger partial charge in [0, 0.05) is 30.6 Å². The predicted octanol–water partition coefficient (Wildman–Crippen LogP) is 3.68. The topological polar surface area (TPSA) is 69.7 Å². The van der Waals surface area contributed by atoms with E-state index in [1.807, 2.05) is 0 Å². The highest BCUT2D eigenvalue weighted by Crippen LogP contribution is 2.45. The van der Waals surface area contributed by atoms with Gasteiger partial charge in [0.05, 0.1) is 16.3 Å². The molecule has 3 amide bonds. The predicted molar refractivity (Wildman–Crippen MR) is 103 cm³/mol. The molecule has 1 fully saturated rings. The molecule has 0 bridgehead atoms. The number of carbonyl (C=O) groups excluding carboxylic acids is 3. The number of likely N-dealkylation sites (N-methyl/N-ethyl adjacent to an activating group) is 1. The van der Waals surface area contributed by atoms with E-state index < -0.39 is 23.3 Å². The molecule has 28 heavy (non-hydrogen) atoms. The van der Waals surface area contributed by atoms with Gasteiger partial charge < -0.3 is 10.2 Å². The molecule has 9 heteroatoms. The summed E-state index contributed by atoms with van der Waals surface area (Å²) in [6.07, 6.45) is 0.175. The highest BCUT2D eigenvalue weighted by Gasteiger charge is 2.59. The van der Waals surface area contributed by atoms with Gasteiger partial charge in [0.15, 0.2) is 0 Å². The van der Waals surface area contributed by atoms with E-state index in [2.05, 4.69) is 5.32 Å². The first-order valence-corrected chi connectivity index (χ1v) is 9.18. The van der Waals surface area contributed by atoms with Gasteiger partial charge in [-0.25, -0.2) is 4.39 Å². The highest BCUT2D eigenvalue weighted by atomic mass is 35.5. The maximum Gasteiger partial charge on any atom is 0.271 e. The zero-order valence-corrected chi connectivity index (χ0v) is 16.1. The molecule has 2 aromatic rings. The molecule has 0 radical (unpaired) electrons. The van der Waals surface area contributed by atoms with E-state index in [1.54, 1.807) is 6.07 Å². The number of amides is 3. The Bertz CT molecular complexity index is 1050. The zero-order chi connectivity index (χ0) is 20.2. The first-order chi connectivity index (χ1) is 13.3. The largest absolute Gasteiger partial charge is 0.322 e. The number of halogens is 3. The third-order valence-corrected chi connectivity index (χ3v) is 5.68. The van der Waals surface area contributed by atoms with E-state index in [4.69, 9.17) is 23.2 Å². The average Bonchev–Trinajstić information content (AvgIpc) is 3.01. The molecule has 2 aliphatic heterocycles. The first-order valence-electron chi connectivity index (χ1n) is 8.43. The molecular formula is C19H14Cl2FN3O3. The quantitative estimate of drug-likeness (QED) is 0.803. The Morgan fingerprint density at radius 3 is 2.64 bits per heavy atom. The number of hydrogen-bond donors (Lipinski definition) is 1. The van der Waals surface area contributed by atoms with E-state index >= 15 is 0 Å². The number of benzene rings is 2. The van der Waals surface area contributed by atoms with Crippen molar-refractivity contribution in [1.82, 2.24) is 4.90 Å². The molecule has 6 nitrogen and oxygen atoms in total. The van der Waals surface area contributed by atoms with Gasteiger partial charge in [0.1, 0.15) is 5.82 Å². The summed E-state index contributed by atoms with van der Waals surface area (Å²) in [6, 6.07) is 8.40. The number of anilines is 2. The summed E-state index contributed by atoms with van der Waals surface area (Å²) >= 11 is 11.7. The Kier molecular flexibility index (Phi) is 4.32. The van der Waals surface area contributed by atoms with Crippen molar-refractivity contribution in [1.29, 1.82) is 0 Å². The molecular weight excluding hydrogens is 408 g/mol. The Morgan fingerprint density at radius 2 is 1.93 bits per heavy atom. The standard InChI is InChI=1S/C19H14Cl2FN3O3/c1-24-17(27)12-4-2-10(20)8-15(12)25-16(26)6-7-19(24,25)18(28)23-11-3-5-13(21)14(22)9-11/h2-5,8-9H,6-7H2,1H3,(H,23,28). The summed E-state index contributed by atoms with van der Waals surface area (Å²) in [4.78, 5) is 41.4. The van der Waals surface area contributed by atoms with E-state index in [9.17, 15) is 18.8 Å². The second kappa shape index (κ2) is 6.46. The summed E-state index contributed by atoms with van der Waals surface area (Å²) in [5.74, 6) is -2.03. The molecule has 2 aromatic carbocycles. The Labute approximate surface area is 169 Å². The number of carbonyl (C=O) groups is 3. The molecule has 4 rings (SSSR count). The van der Waals surface area contributed by atoms with Gasteiger partial charge in [-0.15, -0.1) is 0 Å². The van der Waals surface area contributed by atoms with Crippen LogP contribution in [0.25, 0.3) is 0 Å². The van der Waals surface area contributed by atoms with Crippen molar-refractivity contribution in [3.05, 3.63) is 57.8 Å². The van der Waals surface area contributed by atoms with Crippen molar-refractivity contribution in [3.8, 4) is 0 Å². The fourth-order valence-corrected chi connectivity index (χ4v) is 4.04. The Morgan fingerprint density at radius 1 is 1.18 bits per heavy atom. The smallest absolute Gasteiger partial charge is 0.271 e. The summed E-state index contributed by atoms with van der Waals surface area (Å²) in [5.41, 5.74) is -0.834. The van der Waals surface area contributed by atoms with Crippen LogP contribution in [0.15, 0.2) is 36.4 Å². The number of nitrogens with zero attached hydrogens (tertiary/aromatic N) is 2. The summed E-state index contributed by atoms with van der Waals surface area (Å²) in [6.45, 7) is 0. The van der Waals surface area contributed by atoms with Crippen LogP contribution in [0.1, 0.15) is 23.2 Å². The van der Waals surface area contributed by atoms with E-state index in [1.165, 1.54) is 41.1 Å². The molecule has 2 heterocycles. The molecule has 0 aromatic heterocycles. The number of rotatable bonds is 2. The monoisotopic (exact) mass is 421 g/mol. The molecule has 1 atom stereocenters. The summed E-state index contributed by atoms with van der Waals surface area (Å²) < 4.78 is 13.8. The zero-order valence-electron chi connectivity index (χ0n) is 14.6. The average molecular weight is 422 g/mol. The van der Waals surface area contributed by atoms with E-state index in [0.29, 0.717) is 5.02 Å². The van der Waals surface area contributed by atoms with Gasteiger partial charge in [-0.05, 0) is 36.4 Å². The van der Waals surface area contributed by atoms with Crippen LogP contribution in [-0.2, 0) is 9.59 Å². The van der Waals surface area contributed by atoms with Gasteiger partial charge in [0.2, 0.25) is 11.6 Å². The van der Waals surface area contributed by atoms with Gasteiger partial charge >= 0.3 is 0 Å². The molecule has 2 aliphatic rings. The van der Waals surface area contributed by atoms with Crippen LogP contribution >= 0.6 is 23.2 Å². The lowest BCUT2D eigenvalue weighted by atomic mass is 9.96. The van der Waals surface area contributed by atoms with E-state index in [-0.39, 0.29) is 40.7 Å². The van der Waals surface area contributed by atoms with Crippen LogP contribution in [0.4, 0.5) is 15.8 Å². The third-order valence-electron chi connectivity index (χ3n) is 5.14. The lowest BCUT2D eigenvalue weighted by Gasteiger charge is -2.47. The van der Waals surface area contributed by atoms with Gasteiger partial charge in [-0.1, -0.05) is 23.2 Å². The first kappa shape index (κ1) is 18.7. The molecule has 1 N–H and O–H groups in total. The minimum atomic E-state index is -1.57. The van der Waals surface area contributed by atoms with Gasteiger partial charge in [-0.2, -0.15) is 0 Å². The Hall–Kier alpha value is -2.64. The van der Waals surface area contributed by atoms with Crippen LogP contribution in [0.2, 0.25) is 10.0 Å². The molecule has 1 saturated heterocycles. The lowest BCUT2D eigenvalue weighted by Crippen LogP contribution is -2.68. The fraction of sp³-hybridized carbons (Fsp3) is 0.211. The van der Waals surface area contributed by atoms with E-state index in [0.717, 1.165) is 6.07 Å². The van der Waals surface area contributed by atoms with Gasteiger partial charge in [0.25, 0.3) is 11.8 Å². The molecule has 0 spiro atoms.